The lowest BCUT2D eigenvalue weighted by molar-refractivity contribution is 0.578. The summed E-state index contributed by atoms with van der Waals surface area (Å²) >= 11 is 5.73. The van der Waals surface area contributed by atoms with Gasteiger partial charge in [-0.1, -0.05) is 30.3 Å². The molecule has 1 aromatic rings. The number of halogens is 1. The van der Waals surface area contributed by atoms with Crippen molar-refractivity contribution in [3.63, 3.8) is 0 Å². The molecule has 0 aliphatic rings. The van der Waals surface area contributed by atoms with E-state index in [1.54, 1.807) is 12.1 Å². The van der Waals surface area contributed by atoms with Crippen molar-refractivity contribution in [2.24, 2.45) is 0 Å². The Balaban J connectivity index is 2.46. The van der Waals surface area contributed by atoms with Crippen molar-refractivity contribution in [3.05, 3.63) is 35.9 Å². The number of alkyl halides is 1. The molecule has 1 aromatic carbocycles. The summed E-state index contributed by atoms with van der Waals surface area (Å²) in [4.78, 5) is 0. The van der Waals surface area contributed by atoms with Gasteiger partial charge in [-0.15, -0.1) is 11.6 Å². The van der Waals surface area contributed by atoms with Gasteiger partial charge in [-0.25, -0.2) is 13.1 Å². The van der Waals surface area contributed by atoms with Crippen molar-refractivity contribution in [3.8, 4) is 0 Å². The molecule has 0 saturated heterocycles. The number of rotatable bonds is 6. The predicted octanol–water partition coefficient (Wildman–Crippen LogP) is 2.12. The number of benzene rings is 1. The first-order valence-corrected chi connectivity index (χ1v) is 7.24. The van der Waals surface area contributed by atoms with E-state index in [2.05, 4.69) is 4.72 Å². The van der Waals surface area contributed by atoms with Crippen LogP contribution in [0.4, 0.5) is 0 Å². The van der Waals surface area contributed by atoms with E-state index in [-0.39, 0.29) is 11.1 Å². The van der Waals surface area contributed by atoms with Crippen LogP contribution in [0.15, 0.2) is 30.3 Å². The summed E-state index contributed by atoms with van der Waals surface area (Å²) in [6.07, 6.45) is 0.634. The number of nitrogens with one attached hydrogen (secondary N) is 1. The Labute approximate surface area is 102 Å². The van der Waals surface area contributed by atoms with E-state index >= 15 is 0 Å². The zero-order valence-corrected chi connectivity index (χ0v) is 10.8. The van der Waals surface area contributed by atoms with Crippen LogP contribution in [0.25, 0.3) is 0 Å². The molecule has 3 nitrogen and oxygen atoms in total. The van der Waals surface area contributed by atoms with Gasteiger partial charge in [0.2, 0.25) is 10.0 Å². The van der Waals surface area contributed by atoms with E-state index in [1.807, 2.05) is 25.1 Å². The van der Waals surface area contributed by atoms with Gasteiger partial charge in [0, 0.05) is 11.9 Å². The highest BCUT2D eigenvalue weighted by molar-refractivity contribution is 7.88. The molecule has 1 atom stereocenters. The molecular weight excluding hydrogens is 246 g/mol. The molecule has 0 spiro atoms. The van der Waals surface area contributed by atoms with Gasteiger partial charge in [-0.3, -0.25) is 0 Å². The molecule has 0 radical (unpaired) electrons. The third kappa shape index (κ3) is 5.49. The standard InChI is InChI=1S/C11H16ClNO2S/c1-10(12)7-8-13-16(14,15)9-11-5-3-2-4-6-11/h2-6,10,13H,7-9H2,1H3. The number of hydrogen-bond donors (Lipinski definition) is 1. The second kappa shape index (κ2) is 6.23. The fourth-order valence-electron chi connectivity index (χ4n) is 1.26. The summed E-state index contributed by atoms with van der Waals surface area (Å²) < 4.78 is 25.8. The molecule has 0 aromatic heterocycles. The minimum Gasteiger partial charge on any atom is -0.215 e. The normalized spacial score (nSPS) is 13.6. The molecular formula is C11H16ClNO2S. The molecule has 1 N–H and O–H groups in total. The highest BCUT2D eigenvalue weighted by atomic mass is 35.5. The van der Waals surface area contributed by atoms with E-state index in [4.69, 9.17) is 11.6 Å². The van der Waals surface area contributed by atoms with Crippen LogP contribution >= 0.6 is 11.6 Å². The molecule has 5 heteroatoms. The highest BCUT2D eigenvalue weighted by Crippen LogP contribution is 2.04. The fourth-order valence-corrected chi connectivity index (χ4v) is 2.53. The first kappa shape index (κ1) is 13.5. The van der Waals surface area contributed by atoms with Gasteiger partial charge in [0.15, 0.2) is 0 Å². The van der Waals surface area contributed by atoms with Crippen molar-refractivity contribution in [2.75, 3.05) is 6.54 Å². The third-order valence-electron chi connectivity index (χ3n) is 2.06. The van der Waals surface area contributed by atoms with Crippen LogP contribution < -0.4 is 4.72 Å². The molecule has 0 fully saturated rings. The fraction of sp³-hybridized carbons (Fsp3) is 0.455. The van der Waals surface area contributed by atoms with Gasteiger partial charge in [-0.2, -0.15) is 0 Å². The third-order valence-corrected chi connectivity index (χ3v) is 3.64. The van der Waals surface area contributed by atoms with E-state index < -0.39 is 10.0 Å². The van der Waals surface area contributed by atoms with Gasteiger partial charge in [0.1, 0.15) is 0 Å². The van der Waals surface area contributed by atoms with E-state index in [9.17, 15) is 8.42 Å². The summed E-state index contributed by atoms with van der Waals surface area (Å²) in [6, 6.07) is 9.10. The molecule has 90 valence electrons. The lowest BCUT2D eigenvalue weighted by Crippen LogP contribution is -2.27. The minimum absolute atomic E-state index is 0.0144. The topological polar surface area (TPSA) is 46.2 Å². The Morgan fingerprint density at radius 2 is 1.94 bits per heavy atom. The lowest BCUT2D eigenvalue weighted by atomic mass is 10.2. The van der Waals surface area contributed by atoms with Crippen molar-refractivity contribution in [1.29, 1.82) is 0 Å². The summed E-state index contributed by atoms with van der Waals surface area (Å²) in [5, 5.41) is -0.0144. The largest absolute Gasteiger partial charge is 0.215 e. The van der Waals surface area contributed by atoms with Crippen molar-refractivity contribution in [1.82, 2.24) is 4.72 Å². The second-order valence-electron chi connectivity index (χ2n) is 3.71. The smallest absolute Gasteiger partial charge is 0.215 e. The van der Waals surface area contributed by atoms with Crippen LogP contribution in [0.2, 0.25) is 0 Å². The van der Waals surface area contributed by atoms with Gasteiger partial charge in [0.25, 0.3) is 0 Å². The second-order valence-corrected chi connectivity index (χ2v) is 6.26. The molecule has 0 saturated carbocycles. The lowest BCUT2D eigenvalue weighted by Gasteiger charge is -2.07. The van der Waals surface area contributed by atoms with Gasteiger partial charge in [-0.05, 0) is 18.9 Å². The maximum atomic E-state index is 11.6. The van der Waals surface area contributed by atoms with Crippen LogP contribution in [-0.4, -0.2) is 20.3 Å². The Bertz CT molecular complexity index is 403. The first-order chi connectivity index (χ1) is 7.49. The molecule has 0 heterocycles. The Morgan fingerprint density at radius 3 is 2.50 bits per heavy atom. The summed E-state index contributed by atoms with van der Waals surface area (Å²) in [7, 11) is -3.24. The quantitative estimate of drug-likeness (QED) is 0.798. The number of sulfonamides is 1. The predicted molar refractivity (Wildman–Crippen MR) is 67.0 cm³/mol. The molecule has 1 unspecified atom stereocenters. The van der Waals surface area contributed by atoms with Crippen molar-refractivity contribution in [2.45, 2.75) is 24.5 Å². The monoisotopic (exact) mass is 261 g/mol. The first-order valence-electron chi connectivity index (χ1n) is 5.15. The summed E-state index contributed by atoms with van der Waals surface area (Å²) in [6.45, 7) is 2.23. The van der Waals surface area contributed by atoms with Crippen LogP contribution in [0.1, 0.15) is 18.9 Å². The average Bonchev–Trinajstić information content (AvgIpc) is 2.17. The van der Waals surface area contributed by atoms with Crippen LogP contribution in [0.3, 0.4) is 0 Å². The molecule has 1 rings (SSSR count). The minimum atomic E-state index is -3.24. The number of hydrogen-bond acceptors (Lipinski definition) is 2. The zero-order chi connectivity index (χ0) is 12.0. The average molecular weight is 262 g/mol. The SMILES string of the molecule is CC(Cl)CCNS(=O)(=O)Cc1ccccc1. The molecule has 0 aliphatic heterocycles. The van der Waals surface area contributed by atoms with Gasteiger partial charge < -0.3 is 0 Å². The van der Waals surface area contributed by atoms with Gasteiger partial charge in [0.05, 0.1) is 5.75 Å². The Hall–Kier alpha value is -0.580. The highest BCUT2D eigenvalue weighted by Gasteiger charge is 2.10. The summed E-state index contributed by atoms with van der Waals surface area (Å²) in [5.41, 5.74) is 0.786. The molecule has 0 amide bonds. The maximum Gasteiger partial charge on any atom is 0.215 e. The van der Waals surface area contributed by atoms with Crippen LogP contribution in [-0.2, 0) is 15.8 Å². The Morgan fingerprint density at radius 1 is 1.31 bits per heavy atom. The van der Waals surface area contributed by atoms with Crippen LogP contribution in [0, 0.1) is 0 Å². The maximum absolute atomic E-state index is 11.6. The van der Waals surface area contributed by atoms with E-state index in [1.165, 1.54) is 0 Å². The molecule has 0 aliphatic carbocycles. The van der Waals surface area contributed by atoms with Crippen LogP contribution in [0.5, 0.6) is 0 Å². The van der Waals surface area contributed by atoms with Crippen molar-refractivity contribution >= 4 is 21.6 Å². The molecule has 0 bridgehead atoms. The summed E-state index contributed by atoms with van der Waals surface area (Å²) in [5.74, 6) is 0.0184. The van der Waals surface area contributed by atoms with Crippen molar-refractivity contribution < 1.29 is 8.42 Å². The van der Waals surface area contributed by atoms with Gasteiger partial charge >= 0.3 is 0 Å². The Kier molecular flexibility index (Phi) is 5.25. The van der Waals surface area contributed by atoms with E-state index in [0.29, 0.717) is 13.0 Å². The molecule has 16 heavy (non-hydrogen) atoms. The zero-order valence-electron chi connectivity index (χ0n) is 9.19. The van der Waals surface area contributed by atoms with E-state index in [0.717, 1.165) is 5.56 Å².